The number of amides is 1. The molecule has 2 aliphatic heterocycles. The predicted octanol–water partition coefficient (Wildman–Crippen LogP) is 6.11. The number of rotatable bonds is 16. The molecule has 0 N–H and O–H groups in total. The second-order valence-corrected chi connectivity index (χ2v) is 12.6. The second-order valence-electron chi connectivity index (χ2n) is 11.4. The Labute approximate surface area is 231 Å². The van der Waals surface area contributed by atoms with Crippen LogP contribution in [0, 0.1) is 5.92 Å². The van der Waals surface area contributed by atoms with E-state index >= 15 is 0 Å². The molecule has 212 valence electrons. The molecule has 0 radical (unpaired) electrons. The average molecular weight is 550 g/mol. The van der Waals surface area contributed by atoms with Crippen LogP contribution in [0.25, 0.3) is 0 Å². The average Bonchev–Trinajstić information content (AvgIpc) is 3.23. The van der Waals surface area contributed by atoms with E-state index in [1.165, 1.54) is 43.4 Å². The van der Waals surface area contributed by atoms with Crippen LogP contribution in [0.3, 0.4) is 0 Å². The number of benzene rings is 1. The third-order valence-electron chi connectivity index (χ3n) is 8.38. The number of nitrogens with zero attached hydrogens (tertiary/aromatic N) is 3. The number of piperazine rings is 1. The summed E-state index contributed by atoms with van der Waals surface area (Å²) in [5.41, 5.74) is 1.86. The molecule has 1 aromatic carbocycles. The van der Waals surface area contributed by atoms with Crippen molar-refractivity contribution >= 4 is 24.0 Å². The number of thioether (sulfide) groups is 1. The van der Waals surface area contributed by atoms with Gasteiger partial charge < -0.3 is 19.5 Å². The lowest BCUT2D eigenvalue weighted by Gasteiger charge is -2.41. The Morgan fingerprint density at radius 3 is 2.39 bits per heavy atom. The SMILES string of the molecule is CCCC(C=O)N1Cc2c(SCCCCCCCCN3CCN(CC4CC(F)(F)C4)CC3)cccc2C1=O. The molecule has 1 aliphatic carbocycles. The summed E-state index contributed by atoms with van der Waals surface area (Å²) in [5.74, 6) is -1.14. The molecule has 0 aromatic heterocycles. The standard InChI is InChI=1S/C30H45F2N3O2S/c1-2-10-25(23-36)35-22-27-26(29(35)37)11-9-12-28(27)38-18-8-6-4-3-5-7-13-33-14-16-34(17-15-33)21-24-19-30(31,32)20-24/h9,11-12,23-25H,2-8,10,13-22H2,1H3. The van der Waals surface area contributed by atoms with Crippen LogP contribution in [-0.4, -0.2) is 83.9 Å². The maximum absolute atomic E-state index is 13.0. The van der Waals surface area contributed by atoms with E-state index in [9.17, 15) is 18.4 Å². The minimum Gasteiger partial charge on any atom is -0.324 e. The van der Waals surface area contributed by atoms with Gasteiger partial charge in [0, 0.05) is 62.6 Å². The van der Waals surface area contributed by atoms with Crippen LogP contribution in [0.2, 0.25) is 0 Å². The first-order chi connectivity index (χ1) is 18.4. The van der Waals surface area contributed by atoms with E-state index in [0.29, 0.717) is 13.0 Å². The highest BCUT2D eigenvalue weighted by Gasteiger charge is 2.45. The first-order valence-corrected chi connectivity index (χ1v) is 15.7. The first-order valence-electron chi connectivity index (χ1n) is 14.7. The smallest absolute Gasteiger partial charge is 0.255 e. The summed E-state index contributed by atoms with van der Waals surface area (Å²) in [6, 6.07) is 5.65. The lowest BCUT2D eigenvalue weighted by molar-refractivity contribution is -0.117. The zero-order valence-corrected chi connectivity index (χ0v) is 23.8. The third-order valence-corrected chi connectivity index (χ3v) is 9.56. The maximum atomic E-state index is 13.0. The Hall–Kier alpha value is -1.51. The molecule has 2 heterocycles. The van der Waals surface area contributed by atoms with Gasteiger partial charge >= 0.3 is 0 Å². The number of aldehydes is 1. The fourth-order valence-electron chi connectivity index (χ4n) is 6.12. The van der Waals surface area contributed by atoms with Gasteiger partial charge in [-0.3, -0.25) is 4.79 Å². The monoisotopic (exact) mass is 549 g/mol. The van der Waals surface area contributed by atoms with E-state index in [1.54, 1.807) is 4.90 Å². The van der Waals surface area contributed by atoms with Gasteiger partial charge in [-0.2, -0.15) is 0 Å². The summed E-state index contributed by atoms with van der Waals surface area (Å²) in [6.45, 7) is 8.78. The molecule has 8 heteroatoms. The molecule has 1 aromatic rings. The minimum atomic E-state index is -2.39. The molecule has 1 unspecified atom stereocenters. The summed E-state index contributed by atoms with van der Waals surface area (Å²) in [4.78, 5) is 32.2. The molecular weight excluding hydrogens is 504 g/mol. The number of unbranched alkanes of at least 4 members (excludes halogenated alkanes) is 5. The molecule has 0 spiro atoms. The molecule has 38 heavy (non-hydrogen) atoms. The summed E-state index contributed by atoms with van der Waals surface area (Å²) in [5, 5.41) is 0. The molecule has 1 saturated heterocycles. The number of hydrogen-bond donors (Lipinski definition) is 0. The van der Waals surface area contributed by atoms with Crippen LogP contribution in [0.4, 0.5) is 8.78 Å². The quantitative estimate of drug-likeness (QED) is 0.142. The lowest BCUT2D eigenvalue weighted by Crippen LogP contribution is -2.50. The van der Waals surface area contributed by atoms with Crippen molar-refractivity contribution in [1.82, 2.24) is 14.7 Å². The maximum Gasteiger partial charge on any atom is 0.255 e. The molecule has 5 nitrogen and oxygen atoms in total. The van der Waals surface area contributed by atoms with Crippen LogP contribution in [0.5, 0.6) is 0 Å². The molecule has 1 saturated carbocycles. The summed E-state index contributed by atoms with van der Waals surface area (Å²) in [7, 11) is 0. The van der Waals surface area contributed by atoms with Crippen molar-refractivity contribution in [2.75, 3.05) is 45.0 Å². The van der Waals surface area contributed by atoms with E-state index in [1.807, 2.05) is 30.8 Å². The van der Waals surface area contributed by atoms with Gasteiger partial charge in [-0.1, -0.05) is 45.1 Å². The third kappa shape index (κ3) is 8.01. The Morgan fingerprint density at radius 2 is 1.71 bits per heavy atom. The van der Waals surface area contributed by atoms with Crippen LogP contribution in [0.15, 0.2) is 23.1 Å². The van der Waals surface area contributed by atoms with E-state index in [2.05, 4.69) is 15.9 Å². The lowest BCUT2D eigenvalue weighted by atomic mass is 9.81. The van der Waals surface area contributed by atoms with Crippen LogP contribution in [0.1, 0.15) is 87.1 Å². The molecule has 3 aliphatic rings. The van der Waals surface area contributed by atoms with E-state index in [4.69, 9.17) is 0 Å². The fraction of sp³-hybridized carbons (Fsp3) is 0.733. The number of halogens is 2. The van der Waals surface area contributed by atoms with E-state index in [-0.39, 0.29) is 30.7 Å². The Bertz CT molecular complexity index is 915. The number of carbonyl (C=O) groups is 2. The molecule has 1 atom stereocenters. The van der Waals surface area contributed by atoms with Gasteiger partial charge in [-0.25, -0.2) is 8.78 Å². The van der Waals surface area contributed by atoms with Crippen molar-refractivity contribution in [2.45, 2.75) is 94.5 Å². The van der Waals surface area contributed by atoms with Gasteiger partial charge in [-0.05, 0) is 55.2 Å². The highest BCUT2D eigenvalue weighted by molar-refractivity contribution is 7.99. The molecule has 0 bridgehead atoms. The van der Waals surface area contributed by atoms with Gasteiger partial charge in [0.2, 0.25) is 5.92 Å². The first kappa shape index (κ1) is 29.5. The predicted molar refractivity (Wildman–Crippen MR) is 150 cm³/mol. The van der Waals surface area contributed by atoms with Gasteiger partial charge in [-0.15, -0.1) is 11.8 Å². The summed E-state index contributed by atoms with van der Waals surface area (Å²) >= 11 is 1.84. The highest BCUT2D eigenvalue weighted by Crippen LogP contribution is 2.42. The van der Waals surface area contributed by atoms with Crippen molar-refractivity contribution in [2.24, 2.45) is 5.92 Å². The van der Waals surface area contributed by atoms with Crippen molar-refractivity contribution in [3.05, 3.63) is 29.3 Å². The van der Waals surface area contributed by atoms with Crippen molar-refractivity contribution in [1.29, 1.82) is 0 Å². The number of hydrogen-bond acceptors (Lipinski definition) is 5. The number of fused-ring (bicyclic) bond motifs is 1. The van der Waals surface area contributed by atoms with Crippen LogP contribution in [-0.2, 0) is 11.3 Å². The Morgan fingerprint density at radius 1 is 1.03 bits per heavy atom. The Kier molecular flexibility index (Phi) is 11.0. The second kappa shape index (κ2) is 14.2. The fourth-order valence-corrected chi connectivity index (χ4v) is 7.22. The van der Waals surface area contributed by atoms with Gasteiger partial charge in [0.1, 0.15) is 6.29 Å². The summed E-state index contributed by atoms with van der Waals surface area (Å²) < 4.78 is 26.1. The number of carbonyl (C=O) groups excluding carboxylic acids is 2. The van der Waals surface area contributed by atoms with Crippen LogP contribution >= 0.6 is 11.8 Å². The zero-order valence-electron chi connectivity index (χ0n) is 23.0. The summed E-state index contributed by atoms with van der Waals surface area (Å²) in [6.07, 6.45) is 10.1. The van der Waals surface area contributed by atoms with Crippen molar-refractivity contribution < 1.29 is 18.4 Å². The van der Waals surface area contributed by atoms with Crippen LogP contribution < -0.4 is 0 Å². The topological polar surface area (TPSA) is 43.9 Å². The molecule has 2 fully saturated rings. The number of alkyl halides is 2. The zero-order chi connectivity index (χ0) is 27.0. The van der Waals surface area contributed by atoms with Crippen molar-refractivity contribution in [3.8, 4) is 0 Å². The normalized spacial score (nSPS) is 20.9. The van der Waals surface area contributed by atoms with E-state index < -0.39 is 5.92 Å². The largest absolute Gasteiger partial charge is 0.324 e. The molecule has 1 amide bonds. The molecule has 4 rings (SSSR count). The minimum absolute atomic E-state index is 0.00380. The van der Waals surface area contributed by atoms with Gasteiger partial charge in [0.15, 0.2) is 0 Å². The Balaban J connectivity index is 1.03. The molecular formula is C30H45F2N3O2S. The van der Waals surface area contributed by atoms with E-state index in [0.717, 1.165) is 68.9 Å². The van der Waals surface area contributed by atoms with Gasteiger partial charge in [0.05, 0.1) is 6.04 Å². The van der Waals surface area contributed by atoms with Gasteiger partial charge in [0.25, 0.3) is 5.91 Å². The highest BCUT2D eigenvalue weighted by atomic mass is 32.2. The van der Waals surface area contributed by atoms with Crippen molar-refractivity contribution in [3.63, 3.8) is 0 Å².